The van der Waals surface area contributed by atoms with Crippen LogP contribution in [0, 0.1) is 11.6 Å². The van der Waals surface area contributed by atoms with Gasteiger partial charge in [0.25, 0.3) is 5.91 Å². The van der Waals surface area contributed by atoms with Crippen LogP contribution in [0.1, 0.15) is 75.2 Å². The van der Waals surface area contributed by atoms with Crippen molar-refractivity contribution in [3.63, 3.8) is 0 Å². The molecule has 4 rings (SSSR count). The molecular weight excluding hydrogens is 695 g/mol. The molecule has 0 radical (unpaired) electrons. The first-order chi connectivity index (χ1) is 25.0. The zero-order valence-corrected chi connectivity index (χ0v) is 33.0. The van der Waals surface area contributed by atoms with Crippen LogP contribution in [0.2, 0.25) is 18.1 Å². The fourth-order valence-electron chi connectivity index (χ4n) is 5.89. The number of amides is 1. The molecule has 4 aromatic rings. The van der Waals surface area contributed by atoms with E-state index in [9.17, 15) is 23.2 Å². The minimum Gasteiger partial charge on any atom is -0.494 e. The summed E-state index contributed by atoms with van der Waals surface area (Å²) in [5.74, 6) is -2.03. The third kappa shape index (κ3) is 9.97. The number of esters is 1. The molecule has 0 aliphatic rings. The van der Waals surface area contributed by atoms with Gasteiger partial charge in [0.15, 0.2) is 25.7 Å². The van der Waals surface area contributed by atoms with Gasteiger partial charge < -0.3 is 23.8 Å². The molecule has 1 atom stereocenters. The summed E-state index contributed by atoms with van der Waals surface area (Å²) in [6.45, 7) is 14.3. The van der Waals surface area contributed by atoms with Gasteiger partial charge in [0.2, 0.25) is 0 Å². The Bertz CT molecular complexity index is 1950. The van der Waals surface area contributed by atoms with Crippen LogP contribution in [0.15, 0.2) is 78.9 Å². The van der Waals surface area contributed by atoms with E-state index in [4.69, 9.17) is 13.9 Å². The Morgan fingerprint density at radius 3 is 2.11 bits per heavy atom. The molecule has 8 nitrogen and oxygen atoms in total. The molecule has 0 bridgehead atoms. The van der Waals surface area contributed by atoms with Gasteiger partial charge in [-0.25, -0.2) is 8.78 Å². The van der Waals surface area contributed by atoms with Gasteiger partial charge in [-0.3, -0.25) is 14.4 Å². The molecular formula is C42H50F2N2O6Si. The minimum absolute atomic E-state index is 0.0616. The van der Waals surface area contributed by atoms with E-state index in [-0.39, 0.29) is 42.0 Å². The number of allylic oxidation sites excluding steroid dienone is 1. The fourth-order valence-corrected chi connectivity index (χ4v) is 7.24. The molecule has 1 heterocycles. The number of nitrogens with zero attached hydrogens (tertiary/aromatic N) is 1. The average Bonchev–Trinajstić information content (AvgIpc) is 3.45. The number of nitrogens with one attached hydrogen (secondary N) is 1. The zero-order valence-electron chi connectivity index (χ0n) is 32.0. The first-order valence-electron chi connectivity index (χ1n) is 17.6. The largest absolute Gasteiger partial charge is 0.494 e. The quantitative estimate of drug-likeness (QED) is 0.0740. The van der Waals surface area contributed by atoms with Gasteiger partial charge in [-0.1, -0.05) is 69.3 Å². The molecule has 1 aromatic heterocycles. The smallest absolute Gasteiger partial charge is 0.308 e. The first-order valence-corrected chi connectivity index (χ1v) is 20.5. The summed E-state index contributed by atoms with van der Waals surface area (Å²) in [5, 5.41) is 2.84. The van der Waals surface area contributed by atoms with Gasteiger partial charge in [-0.2, -0.15) is 0 Å². The van der Waals surface area contributed by atoms with E-state index in [1.165, 1.54) is 44.6 Å². The number of ketones is 1. The number of rotatable bonds is 15. The summed E-state index contributed by atoms with van der Waals surface area (Å²) in [6.07, 6.45) is 2.29. The maximum absolute atomic E-state index is 14.4. The van der Waals surface area contributed by atoms with E-state index in [2.05, 4.69) is 39.2 Å². The number of hydrogen-bond donors (Lipinski definition) is 1. The van der Waals surface area contributed by atoms with E-state index in [0.717, 1.165) is 5.56 Å². The molecule has 1 N–H and O–H groups in total. The number of methoxy groups -OCH3 is 2. The Labute approximate surface area is 312 Å². The summed E-state index contributed by atoms with van der Waals surface area (Å²) >= 11 is 0. The monoisotopic (exact) mass is 744 g/mol. The predicted octanol–water partition coefficient (Wildman–Crippen LogP) is 9.55. The Hall–Kier alpha value is -4.87. The highest BCUT2D eigenvalue weighted by molar-refractivity contribution is 6.74. The molecule has 11 heteroatoms. The van der Waals surface area contributed by atoms with Crippen molar-refractivity contribution >= 4 is 32.1 Å². The van der Waals surface area contributed by atoms with Crippen molar-refractivity contribution in [1.82, 2.24) is 9.88 Å². The van der Waals surface area contributed by atoms with Crippen molar-refractivity contribution in [3.05, 3.63) is 107 Å². The molecule has 0 saturated carbocycles. The number of carbonyl (C=O) groups is 3. The fraction of sp³-hybridized carbons (Fsp3) is 0.357. The lowest BCUT2D eigenvalue weighted by molar-refractivity contribution is -0.142. The van der Waals surface area contributed by atoms with Gasteiger partial charge in [0.05, 0.1) is 32.4 Å². The number of aromatic nitrogens is 1. The summed E-state index contributed by atoms with van der Waals surface area (Å²) in [4.78, 5) is 40.5. The summed E-state index contributed by atoms with van der Waals surface area (Å²) in [5.41, 5.74) is 4.12. The SMILES string of the molecule is COC(=O)C[C@H](CC(=O)/C=C/c1c(-c2ccc(F)cc2)c(-c2ccccc2)c(C(=O)NCc2ccc(F)c(OC)c2)n1C(C)C)O[Si](C)(C)C(C)(C)C. The van der Waals surface area contributed by atoms with Crippen molar-refractivity contribution in [1.29, 1.82) is 0 Å². The first kappa shape index (κ1) is 40.9. The van der Waals surface area contributed by atoms with Crippen molar-refractivity contribution in [2.24, 2.45) is 0 Å². The van der Waals surface area contributed by atoms with Crippen LogP contribution in [0.25, 0.3) is 28.3 Å². The van der Waals surface area contributed by atoms with E-state index < -0.39 is 37.9 Å². The molecule has 282 valence electrons. The molecule has 0 aliphatic carbocycles. The maximum atomic E-state index is 14.4. The van der Waals surface area contributed by atoms with Gasteiger partial charge in [0.1, 0.15) is 11.5 Å². The minimum atomic E-state index is -2.37. The Morgan fingerprint density at radius 1 is 0.887 bits per heavy atom. The number of halogens is 2. The van der Waals surface area contributed by atoms with Crippen molar-refractivity contribution in [3.8, 4) is 28.0 Å². The average molecular weight is 745 g/mol. The van der Waals surface area contributed by atoms with Crippen molar-refractivity contribution < 1.29 is 37.1 Å². The highest BCUT2D eigenvalue weighted by Gasteiger charge is 2.40. The molecule has 0 fully saturated rings. The highest BCUT2D eigenvalue weighted by atomic mass is 28.4. The molecule has 0 unspecified atom stereocenters. The van der Waals surface area contributed by atoms with Crippen molar-refractivity contribution in [2.75, 3.05) is 14.2 Å². The van der Waals surface area contributed by atoms with E-state index in [0.29, 0.717) is 33.6 Å². The standard InChI is InChI=1S/C42H50F2N2O6Si/c1-27(2)46-35(22-20-32(47)24-33(25-37(48)51-7)52-53(8,9)42(3,4)5)38(30-16-18-31(43)19-17-30)39(29-13-11-10-12-14-29)40(46)41(49)45-26-28-15-21-34(44)36(23-28)50-6/h10-23,27,33H,24-26H2,1-9H3,(H,45,49)/b22-20+/t33-/m0/s1. The lowest BCUT2D eigenvalue weighted by atomic mass is 9.94. The maximum Gasteiger partial charge on any atom is 0.308 e. The zero-order chi connectivity index (χ0) is 39.1. The van der Waals surface area contributed by atoms with Gasteiger partial charge in [0, 0.05) is 30.1 Å². The summed E-state index contributed by atoms with van der Waals surface area (Å²) in [6, 6.07) is 19.5. The second-order valence-electron chi connectivity index (χ2n) is 14.8. The normalized spacial score (nSPS) is 12.6. The van der Waals surface area contributed by atoms with Gasteiger partial charge in [-0.15, -0.1) is 0 Å². The van der Waals surface area contributed by atoms with E-state index >= 15 is 0 Å². The lowest BCUT2D eigenvalue weighted by Crippen LogP contribution is -2.44. The van der Waals surface area contributed by atoms with Gasteiger partial charge in [-0.05, 0) is 85.1 Å². The molecule has 0 saturated heterocycles. The molecule has 1 amide bonds. The highest BCUT2D eigenvalue weighted by Crippen LogP contribution is 2.43. The van der Waals surface area contributed by atoms with Crippen LogP contribution in [-0.2, 0) is 25.3 Å². The third-order valence-corrected chi connectivity index (χ3v) is 14.1. The van der Waals surface area contributed by atoms with Gasteiger partial charge >= 0.3 is 5.97 Å². The summed E-state index contributed by atoms with van der Waals surface area (Å²) < 4.78 is 46.9. The number of benzene rings is 3. The predicted molar refractivity (Wildman–Crippen MR) is 207 cm³/mol. The lowest BCUT2D eigenvalue weighted by Gasteiger charge is -2.39. The summed E-state index contributed by atoms with van der Waals surface area (Å²) in [7, 11) is 0.313. The van der Waals surface area contributed by atoms with E-state index in [1.807, 2.05) is 48.7 Å². The second-order valence-corrected chi connectivity index (χ2v) is 19.5. The van der Waals surface area contributed by atoms with Crippen LogP contribution < -0.4 is 10.1 Å². The third-order valence-electron chi connectivity index (χ3n) is 9.58. The Morgan fingerprint density at radius 2 is 1.53 bits per heavy atom. The van der Waals surface area contributed by atoms with Crippen molar-refractivity contribution in [2.45, 2.75) is 84.3 Å². The van der Waals surface area contributed by atoms with Crippen LogP contribution in [0.3, 0.4) is 0 Å². The molecule has 0 spiro atoms. The topological polar surface area (TPSA) is 95.9 Å². The Kier molecular flexibility index (Phi) is 13.3. The molecule has 3 aromatic carbocycles. The second kappa shape index (κ2) is 17.3. The number of ether oxygens (including phenoxy) is 2. The van der Waals surface area contributed by atoms with E-state index in [1.54, 1.807) is 24.3 Å². The van der Waals surface area contributed by atoms with Crippen LogP contribution in [-0.4, -0.2) is 50.9 Å². The number of carbonyl (C=O) groups excluding carboxylic acids is 3. The number of hydrogen-bond acceptors (Lipinski definition) is 6. The molecule has 53 heavy (non-hydrogen) atoms. The van der Waals surface area contributed by atoms with Crippen LogP contribution in [0.4, 0.5) is 8.78 Å². The van der Waals surface area contributed by atoms with Crippen LogP contribution >= 0.6 is 0 Å². The van der Waals surface area contributed by atoms with Crippen LogP contribution in [0.5, 0.6) is 5.75 Å². The molecule has 0 aliphatic heterocycles. The Balaban J connectivity index is 1.87.